The average Bonchev–Trinajstić information content (AvgIpc) is 2.53. The summed E-state index contributed by atoms with van der Waals surface area (Å²) >= 11 is 3.50. The van der Waals surface area contributed by atoms with Crippen LogP contribution < -0.4 is 4.90 Å². The summed E-state index contributed by atoms with van der Waals surface area (Å²) in [6, 6.07) is 7.53. The van der Waals surface area contributed by atoms with Crippen molar-refractivity contribution in [3.05, 3.63) is 28.7 Å². The maximum Gasteiger partial charge on any atom is 0.244 e. The van der Waals surface area contributed by atoms with Crippen LogP contribution in [0.2, 0.25) is 0 Å². The van der Waals surface area contributed by atoms with Gasteiger partial charge in [0.05, 0.1) is 11.7 Å². The third-order valence-electron chi connectivity index (χ3n) is 3.52. The molecule has 1 amide bonds. The second-order valence-corrected chi connectivity index (χ2v) is 5.66. The van der Waals surface area contributed by atoms with E-state index in [9.17, 15) is 4.79 Å². The Morgan fingerprint density at radius 2 is 2.11 bits per heavy atom. The normalized spacial score (nSPS) is 21.5. The number of rotatable bonds is 3. The molecule has 1 aliphatic rings. The fourth-order valence-electron chi connectivity index (χ4n) is 2.49. The van der Waals surface area contributed by atoms with Gasteiger partial charge in [0.1, 0.15) is 0 Å². The summed E-state index contributed by atoms with van der Waals surface area (Å²) in [5.74, 6) is 0.0703. The Labute approximate surface area is 122 Å². The third kappa shape index (κ3) is 3.16. The van der Waals surface area contributed by atoms with E-state index in [-0.39, 0.29) is 18.6 Å². The van der Waals surface area contributed by atoms with Crippen LogP contribution in [0.25, 0.3) is 0 Å². The standard InChI is InChI=1S/C14H19BrN2O2/c1-16-8-4-9-17(14(19)13(16)7-10-18)12-6-3-2-5-11(12)15/h2-3,5-6,13,18H,4,7-10H2,1H3. The maximum atomic E-state index is 12.7. The van der Waals surface area contributed by atoms with Crippen LogP contribution in [-0.2, 0) is 4.79 Å². The minimum Gasteiger partial charge on any atom is -0.396 e. The van der Waals surface area contributed by atoms with Gasteiger partial charge in [-0.15, -0.1) is 0 Å². The number of anilines is 1. The lowest BCUT2D eigenvalue weighted by Gasteiger charge is -2.28. The van der Waals surface area contributed by atoms with E-state index in [1.165, 1.54) is 0 Å². The van der Waals surface area contributed by atoms with Crippen molar-refractivity contribution >= 4 is 27.5 Å². The van der Waals surface area contributed by atoms with Crippen molar-refractivity contribution in [2.24, 2.45) is 0 Å². The van der Waals surface area contributed by atoms with Crippen LogP contribution in [-0.4, -0.2) is 48.7 Å². The molecular weight excluding hydrogens is 308 g/mol. The van der Waals surface area contributed by atoms with E-state index in [4.69, 9.17) is 5.11 Å². The third-order valence-corrected chi connectivity index (χ3v) is 4.19. The summed E-state index contributed by atoms with van der Waals surface area (Å²) in [6.45, 7) is 1.62. The molecule has 1 aromatic carbocycles. The Balaban J connectivity index is 2.30. The Morgan fingerprint density at radius 1 is 1.37 bits per heavy atom. The molecule has 5 heteroatoms. The van der Waals surface area contributed by atoms with Gasteiger partial charge in [-0.25, -0.2) is 0 Å². The van der Waals surface area contributed by atoms with E-state index in [1.54, 1.807) is 0 Å². The number of carbonyl (C=O) groups excluding carboxylic acids is 1. The van der Waals surface area contributed by atoms with Gasteiger partial charge in [0.25, 0.3) is 0 Å². The van der Waals surface area contributed by atoms with Gasteiger partial charge in [-0.1, -0.05) is 12.1 Å². The molecule has 0 radical (unpaired) electrons. The van der Waals surface area contributed by atoms with Crippen molar-refractivity contribution in [3.63, 3.8) is 0 Å². The number of aliphatic hydroxyl groups is 1. The molecule has 0 saturated carbocycles. The molecule has 1 saturated heterocycles. The van der Waals surface area contributed by atoms with E-state index < -0.39 is 0 Å². The largest absolute Gasteiger partial charge is 0.396 e. The summed E-state index contributed by atoms with van der Waals surface area (Å²) in [4.78, 5) is 16.5. The van der Waals surface area contributed by atoms with Crippen molar-refractivity contribution < 1.29 is 9.90 Å². The monoisotopic (exact) mass is 326 g/mol. The van der Waals surface area contributed by atoms with Gasteiger partial charge in [0, 0.05) is 24.2 Å². The van der Waals surface area contributed by atoms with Gasteiger partial charge < -0.3 is 10.0 Å². The molecule has 0 spiro atoms. The zero-order chi connectivity index (χ0) is 13.8. The molecule has 2 rings (SSSR count). The van der Waals surface area contributed by atoms with Gasteiger partial charge in [0.2, 0.25) is 5.91 Å². The van der Waals surface area contributed by atoms with E-state index in [0.29, 0.717) is 13.0 Å². The SMILES string of the molecule is CN1CCCN(c2ccccc2Br)C(=O)C1CCO. The van der Waals surface area contributed by atoms with Crippen molar-refractivity contribution in [1.82, 2.24) is 4.90 Å². The minimum absolute atomic E-state index is 0.0323. The number of amides is 1. The van der Waals surface area contributed by atoms with Crippen LogP contribution in [0.15, 0.2) is 28.7 Å². The van der Waals surface area contributed by atoms with E-state index in [2.05, 4.69) is 15.9 Å². The number of benzene rings is 1. The van der Waals surface area contributed by atoms with Crippen LogP contribution in [0.3, 0.4) is 0 Å². The Hall–Kier alpha value is -0.910. The molecule has 1 fully saturated rings. The van der Waals surface area contributed by atoms with E-state index in [1.807, 2.05) is 41.1 Å². The van der Waals surface area contributed by atoms with Gasteiger partial charge in [-0.2, -0.15) is 0 Å². The summed E-state index contributed by atoms with van der Waals surface area (Å²) in [5.41, 5.74) is 0.908. The summed E-state index contributed by atoms with van der Waals surface area (Å²) in [7, 11) is 1.95. The second kappa shape index (κ2) is 6.50. The summed E-state index contributed by atoms with van der Waals surface area (Å²) in [5, 5.41) is 9.15. The van der Waals surface area contributed by atoms with Gasteiger partial charge >= 0.3 is 0 Å². The van der Waals surface area contributed by atoms with Gasteiger partial charge in [0.15, 0.2) is 0 Å². The highest BCUT2D eigenvalue weighted by Crippen LogP contribution is 2.28. The highest BCUT2D eigenvalue weighted by atomic mass is 79.9. The van der Waals surface area contributed by atoms with E-state index in [0.717, 1.165) is 23.1 Å². The molecule has 0 aromatic heterocycles. The molecule has 1 aliphatic heterocycles. The molecule has 0 bridgehead atoms. The number of likely N-dealkylation sites (N-methyl/N-ethyl adjacent to an activating group) is 1. The van der Waals surface area contributed by atoms with Crippen LogP contribution in [0.1, 0.15) is 12.8 Å². The fourth-order valence-corrected chi connectivity index (χ4v) is 2.99. The van der Waals surface area contributed by atoms with E-state index >= 15 is 0 Å². The lowest BCUT2D eigenvalue weighted by Crippen LogP contribution is -2.45. The molecule has 1 unspecified atom stereocenters. The molecule has 104 valence electrons. The summed E-state index contributed by atoms with van der Waals surface area (Å²) < 4.78 is 0.927. The Morgan fingerprint density at radius 3 is 2.79 bits per heavy atom. The smallest absolute Gasteiger partial charge is 0.244 e. The number of para-hydroxylation sites is 1. The van der Waals surface area contributed by atoms with Crippen LogP contribution in [0.4, 0.5) is 5.69 Å². The number of hydrogen-bond donors (Lipinski definition) is 1. The zero-order valence-electron chi connectivity index (χ0n) is 11.1. The van der Waals surface area contributed by atoms with Gasteiger partial charge in [-0.05, 0) is 48.0 Å². The second-order valence-electron chi connectivity index (χ2n) is 4.80. The zero-order valence-corrected chi connectivity index (χ0v) is 12.6. The minimum atomic E-state index is -0.236. The van der Waals surface area contributed by atoms with Crippen molar-refractivity contribution in [2.75, 3.05) is 31.6 Å². The van der Waals surface area contributed by atoms with Crippen LogP contribution in [0.5, 0.6) is 0 Å². The molecule has 1 aromatic rings. The number of nitrogens with zero attached hydrogens (tertiary/aromatic N) is 2. The first-order valence-electron chi connectivity index (χ1n) is 6.52. The molecule has 1 heterocycles. The molecule has 1 N–H and O–H groups in total. The number of hydrogen-bond acceptors (Lipinski definition) is 3. The lowest BCUT2D eigenvalue weighted by molar-refractivity contribution is -0.123. The number of carbonyl (C=O) groups is 1. The Kier molecular flexibility index (Phi) is 4.96. The molecule has 19 heavy (non-hydrogen) atoms. The molecule has 0 aliphatic carbocycles. The number of aliphatic hydroxyl groups excluding tert-OH is 1. The Bertz CT molecular complexity index is 453. The first-order chi connectivity index (χ1) is 9.15. The predicted molar refractivity (Wildman–Crippen MR) is 79.2 cm³/mol. The van der Waals surface area contributed by atoms with Crippen molar-refractivity contribution in [2.45, 2.75) is 18.9 Å². The highest BCUT2D eigenvalue weighted by molar-refractivity contribution is 9.10. The summed E-state index contributed by atoms with van der Waals surface area (Å²) in [6.07, 6.45) is 1.42. The quantitative estimate of drug-likeness (QED) is 0.922. The molecular formula is C14H19BrN2O2. The van der Waals surface area contributed by atoms with Crippen LogP contribution >= 0.6 is 15.9 Å². The first kappa shape index (κ1) is 14.5. The maximum absolute atomic E-state index is 12.7. The topological polar surface area (TPSA) is 43.8 Å². The molecule has 1 atom stereocenters. The molecule has 4 nitrogen and oxygen atoms in total. The number of halogens is 1. The van der Waals surface area contributed by atoms with Crippen molar-refractivity contribution in [3.8, 4) is 0 Å². The first-order valence-corrected chi connectivity index (χ1v) is 7.31. The van der Waals surface area contributed by atoms with Gasteiger partial charge in [-0.3, -0.25) is 9.69 Å². The predicted octanol–water partition coefficient (Wildman–Crippen LogP) is 1.87. The average molecular weight is 327 g/mol. The highest BCUT2D eigenvalue weighted by Gasteiger charge is 2.31. The van der Waals surface area contributed by atoms with Crippen molar-refractivity contribution in [1.29, 1.82) is 0 Å². The lowest BCUT2D eigenvalue weighted by atomic mass is 10.1. The fraction of sp³-hybridized carbons (Fsp3) is 0.500. The van der Waals surface area contributed by atoms with Crippen LogP contribution in [0, 0.1) is 0 Å².